The Balaban J connectivity index is 1.59. The molecule has 1 heterocycles. The van der Waals surface area contributed by atoms with E-state index in [2.05, 4.69) is 36.1 Å². The van der Waals surface area contributed by atoms with Crippen molar-refractivity contribution >= 4 is 5.91 Å². The molecule has 1 aromatic rings. The Morgan fingerprint density at radius 3 is 2.25 bits per heavy atom. The number of carbonyl (C=O) groups excluding carboxylic acids is 1. The molecule has 3 rings (SSSR count). The van der Waals surface area contributed by atoms with E-state index < -0.39 is 0 Å². The molecule has 20 heavy (non-hydrogen) atoms. The maximum Gasteiger partial charge on any atom is 0.226 e. The standard InChI is InChI=1S/C17H24N2O/c1-12(18)13-6-8-19(9-7-13)17(20)16-10-14-4-2-3-5-15(14)11-16/h2-5,12-13,16H,6-11,18H2,1H3. The Bertz CT molecular complexity index is 465. The Morgan fingerprint density at radius 2 is 1.75 bits per heavy atom. The number of nitrogens with two attached hydrogens (primary N) is 1. The minimum absolute atomic E-state index is 0.166. The first-order chi connectivity index (χ1) is 9.65. The number of hydrogen-bond acceptors (Lipinski definition) is 2. The maximum absolute atomic E-state index is 12.6. The highest BCUT2D eigenvalue weighted by atomic mass is 16.2. The molecular formula is C17H24N2O. The van der Waals surface area contributed by atoms with E-state index in [0.29, 0.717) is 11.8 Å². The molecule has 1 aliphatic heterocycles. The van der Waals surface area contributed by atoms with Gasteiger partial charge in [0, 0.05) is 25.0 Å². The van der Waals surface area contributed by atoms with E-state index in [0.717, 1.165) is 38.8 Å². The maximum atomic E-state index is 12.6. The highest BCUT2D eigenvalue weighted by molar-refractivity contribution is 5.80. The van der Waals surface area contributed by atoms with Crippen molar-refractivity contribution < 1.29 is 4.79 Å². The van der Waals surface area contributed by atoms with Gasteiger partial charge in [0.05, 0.1) is 0 Å². The van der Waals surface area contributed by atoms with E-state index in [-0.39, 0.29) is 12.0 Å². The zero-order chi connectivity index (χ0) is 14.1. The van der Waals surface area contributed by atoms with E-state index in [1.165, 1.54) is 11.1 Å². The van der Waals surface area contributed by atoms with Gasteiger partial charge in [0.25, 0.3) is 0 Å². The quantitative estimate of drug-likeness (QED) is 0.895. The lowest BCUT2D eigenvalue weighted by Crippen LogP contribution is -2.45. The fourth-order valence-corrected chi connectivity index (χ4v) is 3.64. The molecule has 1 unspecified atom stereocenters. The average molecular weight is 272 g/mol. The molecule has 1 saturated heterocycles. The van der Waals surface area contributed by atoms with E-state index in [1.54, 1.807) is 0 Å². The summed E-state index contributed by atoms with van der Waals surface area (Å²) in [5, 5.41) is 0. The highest BCUT2D eigenvalue weighted by Gasteiger charge is 2.32. The van der Waals surface area contributed by atoms with Gasteiger partial charge < -0.3 is 10.6 Å². The van der Waals surface area contributed by atoms with E-state index in [4.69, 9.17) is 5.73 Å². The first kappa shape index (κ1) is 13.6. The number of rotatable bonds is 2. The number of carbonyl (C=O) groups is 1. The lowest BCUT2D eigenvalue weighted by atomic mass is 9.90. The van der Waals surface area contributed by atoms with Crippen LogP contribution in [0.15, 0.2) is 24.3 Å². The van der Waals surface area contributed by atoms with Gasteiger partial charge in [-0.3, -0.25) is 4.79 Å². The summed E-state index contributed by atoms with van der Waals surface area (Å²) in [6, 6.07) is 8.71. The van der Waals surface area contributed by atoms with Crippen molar-refractivity contribution in [2.24, 2.45) is 17.6 Å². The predicted octanol–water partition coefficient (Wildman–Crippen LogP) is 1.99. The Morgan fingerprint density at radius 1 is 1.20 bits per heavy atom. The van der Waals surface area contributed by atoms with Crippen LogP contribution in [0.25, 0.3) is 0 Å². The van der Waals surface area contributed by atoms with Crippen molar-refractivity contribution in [1.29, 1.82) is 0 Å². The van der Waals surface area contributed by atoms with Crippen LogP contribution in [0.2, 0.25) is 0 Å². The number of fused-ring (bicyclic) bond motifs is 1. The summed E-state index contributed by atoms with van der Waals surface area (Å²) >= 11 is 0. The smallest absolute Gasteiger partial charge is 0.226 e. The number of amides is 1. The first-order valence-corrected chi connectivity index (χ1v) is 7.76. The molecule has 0 saturated carbocycles. The summed E-state index contributed by atoms with van der Waals surface area (Å²) in [7, 11) is 0. The summed E-state index contributed by atoms with van der Waals surface area (Å²) in [4.78, 5) is 14.7. The molecule has 0 spiro atoms. The molecule has 1 aromatic carbocycles. The lowest BCUT2D eigenvalue weighted by Gasteiger charge is -2.35. The minimum atomic E-state index is 0.166. The molecule has 1 aliphatic carbocycles. The monoisotopic (exact) mass is 272 g/mol. The second-order valence-electron chi connectivity index (χ2n) is 6.40. The fraction of sp³-hybridized carbons (Fsp3) is 0.588. The van der Waals surface area contributed by atoms with E-state index in [1.807, 2.05) is 0 Å². The van der Waals surface area contributed by atoms with Gasteiger partial charge in [-0.2, -0.15) is 0 Å². The lowest BCUT2D eigenvalue weighted by molar-refractivity contribution is -0.136. The minimum Gasteiger partial charge on any atom is -0.342 e. The third kappa shape index (κ3) is 2.59. The molecule has 3 nitrogen and oxygen atoms in total. The number of hydrogen-bond donors (Lipinski definition) is 1. The molecule has 1 atom stereocenters. The Kier molecular flexibility index (Phi) is 3.79. The molecule has 3 heteroatoms. The largest absolute Gasteiger partial charge is 0.342 e. The topological polar surface area (TPSA) is 46.3 Å². The second-order valence-corrected chi connectivity index (χ2v) is 6.40. The van der Waals surface area contributed by atoms with Crippen molar-refractivity contribution in [2.75, 3.05) is 13.1 Å². The van der Waals surface area contributed by atoms with E-state index in [9.17, 15) is 4.79 Å². The highest BCUT2D eigenvalue weighted by Crippen LogP contribution is 2.29. The molecule has 0 radical (unpaired) electrons. The van der Waals surface area contributed by atoms with Gasteiger partial charge >= 0.3 is 0 Å². The van der Waals surface area contributed by atoms with Crippen molar-refractivity contribution in [2.45, 2.75) is 38.6 Å². The van der Waals surface area contributed by atoms with Crippen LogP contribution in [-0.2, 0) is 17.6 Å². The Labute approximate surface area is 121 Å². The zero-order valence-corrected chi connectivity index (χ0v) is 12.2. The van der Waals surface area contributed by atoms with Crippen LogP contribution in [0.1, 0.15) is 30.9 Å². The summed E-state index contributed by atoms with van der Waals surface area (Å²) < 4.78 is 0. The molecule has 0 bridgehead atoms. The predicted molar refractivity (Wildman–Crippen MR) is 80.3 cm³/mol. The molecule has 108 valence electrons. The van der Waals surface area contributed by atoms with Gasteiger partial charge in [0.2, 0.25) is 5.91 Å². The number of piperidine rings is 1. The third-order valence-electron chi connectivity index (χ3n) is 5.00. The summed E-state index contributed by atoms with van der Waals surface area (Å²) in [5.74, 6) is 1.10. The SMILES string of the molecule is CC(N)C1CCN(C(=O)C2Cc3ccccc3C2)CC1. The van der Waals surface area contributed by atoms with Gasteiger partial charge in [0.1, 0.15) is 0 Å². The van der Waals surface area contributed by atoms with Gasteiger partial charge in [-0.25, -0.2) is 0 Å². The van der Waals surface area contributed by atoms with Crippen LogP contribution in [0.3, 0.4) is 0 Å². The van der Waals surface area contributed by atoms with Crippen LogP contribution in [0, 0.1) is 11.8 Å². The van der Waals surface area contributed by atoms with Crippen LogP contribution in [-0.4, -0.2) is 29.9 Å². The van der Waals surface area contributed by atoms with Crippen molar-refractivity contribution in [3.8, 4) is 0 Å². The van der Waals surface area contributed by atoms with E-state index >= 15 is 0 Å². The Hall–Kier alpha value is -1.35. The van der Waals surface area contributed by atoms with Crippen molar-refractivity contribution in [1.82, 2.24) is 4.90 Å². The van der Waals surface area contributed by atoms with Gasteiger partial charge in [0.15, 0.2) is 0 Å². The number of benzene rings is 1. The molecule has 2 aliphatic rings. The summed E-state index contributed by atoms with van der Waals surface area (Å²) in [6.07, 6.45) is 3.95. The van der Waals surface area contributed by atoms with Crippen molar-refractivity contribution in [3.63, 3.8) is 0 Å². The van der Waals surface area contributed by atoms with Gasteiger partial charge in [-0.15, -0.1) is 0 Å². The molecular weight excluding hydrogens is 248 g/mol. The van der Waals surface area contributed by atoms with Crippen LogP contribution < -0.4 is 5.73 Å². The van der Waals surface area contributed by atoms with Crippen LogP contribution in [0.4, 0.5) is 0 Å². The molecule has 1 fully saturated rings. The zero-order valence-electron chi connectivity index (χ0n) is 12.2. The number of nitrogens with zero attached hydrogens (tertiary/aromatic N) is 1. The second kappa shape index (κ2) is 5.57. The molecule has 1 amide bonds. The van der Waals surface area contributed by atoms with Gasteiger partial charge in [-0.1, -0.05) is 24.3 Å². The molecule has 2 N–H and O–H groups in total. The average Bonchev–Trinajstić information content (AvgIpc) is 2.90. The summed E-state index contributed by atoms with van der Waals surface area (Å²) in [6.45, 7) is 3.85. The normalized spacial score (nSPS) is 21.8. The third-order valence-corrected chi connectivity index (χ3v) is 5.00. The van der Waals surface area contributed by atoms with Crippen LogP contribution in [0.5, 0.6) is 0 Å². The summed E-state index contributed by atoms with van der Waals surface area (Å²) in [5.41, 5.74) is 8.68. The molecule has 0 aromatic heterocycles. The number of likely N-dealkylation sites (tertiary alicyclic amines) is 1. The first-order valence-electron chi connectivity index (χ1n) is 7.76. The van der Waals surface area contributed by atoms with Gasteiger partial charge in [-0.05, 0) is 49.7 Å². The van der Waals surface area contributed by atoms with Crippen LogP contribution >= 0.6 is 0 Å². The van der Waals surface area contributed by atoms with Crippen molar-refractivity contribution in [3.05, 3.63) is 35.4 Å². The fourth-order valence-electron chi connectivity index (χ4n) is 3.64.